The fraction of sp³-hybridized carbons (Fsp3) is 0.389. The summed E-state index contributed by atoms with van der Waals surface area (Å²) in [5, 5.41) is 9.86. The van der Waals surface area contributed by atoms with E-state index in [9.17, 15) is 9.59 Å². The summed E-state index contributed by atoms with van der Waals surface area (Å²) >= 11 is 1.65. The van der Waals surface area contributed by atoms with Crippen LogP contribution in [0.25, 0.3) is 17.1 Å². The van der Waals surface area contributed by atoms with Crippen LogP contribution in [-0.2, 0) is 11.2 Å². The average molecular weight is 626 g/mol. The van der Waals surface area contributed by atoms with E-state index in [-0.39, 0.29) is 17.9 Å². The predicted octanol–water partition coefficient (Wildman–Crippen LogP) is 6.92. The van der Waals surface area contributed by atoms with Gasteiger partial charge in [0.2, 0.25) is 5.91 Å². The molecule has 1 aliphatic heterocycles. The summed E-state index contributed by atoms with van der Waals surface area (Å²) in [5.74, 6) is 2.61. The number of methoxy groups -OCH3 is 1. The lowest BCUT2D eigenvalue weighted by Gasteiger charge is -2.40. The Labute approximate surface area is 270 Å². The van der Waals surface area contributed by atoms with Gasteiger partial charge in [-0.1, -0.05) is 67.6 Å². The third-order valence-corrected chi connectivity index (χ3v) is 9.29. The molecule has 1 aromatic heterocycles. The summed E-state index contributed by atoms with van der Waals surface area (Å²) in [4.78, 5) is 30.1. The van der Waals surface area contributed by atoms with Gasteiger partial charge in [-0.3, -0.25) is 14.2 Å². The van der Waals surface area contributed by atoms with Crippen LogP contribution >= 0.6 is 11.8 Å². The summed E-state index contributed by atoms with van der Waals surface area (Å²) in [5.41, 5.74) is 3.95. The van der Waals surface area contributed by atoms with Crippen molar-refractivity contribution in [2.24, 2.45) is 0 Å². The Morgan fingerprint density at radius 3 is 2.36 bits per heavy atom. The Balaban J connectivity index is 1.11. The van der Waals surface area contributed by atoms with Crippen LogP contribution in [-0.4, -0.2) is 74.9 Å². The van der Waals surface area contributed by atoms with E-state index < -0.39 is 0 Å². The monoisotopic (exact) mass is 625 g/mol. The van der Waals surface area contributed by atoms with Gasteiger partial charge in [-0.2, -0.15) is 0 Å². The minimum absolute atomic E-state index is 0.0198. The van der Waals surface area contributed by atoms with E-state index in [1.54, 1.807) is 18.9 Å². The van der Waals surface area contributed by atoms with Crippen LogP contribution in [0.15, 0.2) is 84.0 Å². The summed E-state index contributed by atoms with van der Waals surface area (Å²) < 4.78 is 7.42. The number of benzene rings is 3. The van der Waals surface area contributed by atoms with Crippen molar-refractivity contribution in [3.63, 3.8) is 0 Å². The van der Waals surface area contributed by atoms with Crippen LogP contribution in [0.4, 0.5) is 0 Å². The van der Waals surface area contributed by atoms with Crippen molar-refractivity contribution >= 4 is 23.6 Å². The van der Waals surface area contributed by atoms with Gasteiger partial charge in [-0.15, -0.1) is 10.2 Å². The largest absolute Gasteiger partial charge is 0.497 e. The summed E-state index contributed by atoms with van der Waals surface area (Å²) in [7, 11) is 1.66. The zero-order valence-corrected chi connectivity index (χ0v) is 27.3. The molecular formula is C36H43N5O3S. The normalized spacial score (nSPS) is 14.9. The summed E-state index contributed by atoms with van der Waals surface area (Å²) in [6.07, 6.45) is 5.54. The number of piperazine rings is 1. The van der Waals surface area contributed by atoms with Gasteiger partial charge in [-0.25, -0.2) is 0 Å². The van der Waals surface area contributed by atoms with Crippen LogP contribution in [0, 0.1) is 0 Å². The number of aryl methyl sites for hydroxylation is 1. The second-order valence-electron chi connectivity index (χ2n) is 11.5. The molecular weight excluding hydrogens is 582 g/mol. The van der Waals surface area contributed by atoms with E-state index in [4.69, 9.17) is 4.74 Å². The van der Waals surface area contributed by atoms with Crippen LogP contribution in [0.3, 0.4) is 0 Å². The van der Waals surface area contributed by atoms with Gasteiger partial charge >= 0.3 is 0 Å². The van der Waals surface area contributed by atoms with Crippen LogP contribution in [0.1, 0.15) is 61.9 Å². The van der Waals surface area contributed by atoms with E-state index >= 15 is 0 Å². The standard InChI is InChI=1S/C36H43N5O3S/c1-4-5-11-28-15-17-30(18-16-28)35(43)40-24-23-39(26-27(40)2)33(42)14-9-10-25-45-36-38-37-34(29-12-7-6-8-13-29)41(36)31-19-21-32(44-3)22-20-31/h6-8,12-13,15-22,27H,4-5,9-11,14,23-26H2,1-3H3. The van der Waals surface area contributed by atoms with Gasteiger partial charge in [-0.05, 0) is 74.6 Å². The summed E-state index contributed by atoms with van der Waals surface area (Å²) in [6.45, 7) is 5.92. The number of hydrogen-bond acceptors (Lipinski definition) is 6. The molecule has 0 N–H and O–H groups in total. The van der Waals surface area contributed by atoms with Crippen molar-refractivity contribution < 1.29 is 14.3 Å². The van der Waals surface area contributed by atoms with Gasteiger partial charge in [0.1, 0.15) is 5.75 Å². The number of unbranched alkanes of at least 4 members (excludes halogenated alkanes) is 2. The first kappa shape index (κ1) is 32.3. The lowest BCUT2D eigenvalue weighted by atomic mass is 10.0. The smallest absolute Gasteiger partial charge is 0.254 e. The molecule has 4 aromatic rings. The van der Waals surface area contributed by atoms with E-state index in [0.717, 1.165) is 71.4 Å². The van der Waals surface area contributed by atoms with E-state index in [1.165, 1.54) is 5.56 Å². The lowest BCUT2D eigenvalue weighted by molar-refractivity contribution is -0.133. The van der Waals surface area contributed by atoms with E-state index in [2.05, 4.69) is 33.8 Å². The van der Waals surface area contributed by atoms with Crippen LogP contribution in [0.2, 0.25) is 0 Å². The highest BCUT2D eigenvalue weighted by Crippen LogP contribution is 2.29. The fourth-order valence-electron chi connectivity index (χ4n) is 5.65. The molecule has 3 aromatic carbocycles. The van der Waals surface area contributed by atoms with Crippen molar-refractivity contribution in [3.8, 4) is 22.8 Å². The zero-order valence-electron chi connectivity index (χ0n) is 26.5. The number of aromatic nitrogens is 3. The maximum Gasteiger partial charge on any atom is 0.254 e. The lowest BCUT2D eigenvalue weighted by Crippen LogP contribution is -2.55. The van der Waals surface area contributed by atoms with E-state index in [1.807, 2.05) is 83.5 Å². The second kappa shape index (κ2) is 15.8. The van der Waals surface area contributed by atoms with Crippen molar-refractivity contribution in [3.05, 3.63) is 90.0 Å². The highest BCUT2D eigenvalue weighted by Gasteiger charge is 2.30. The number of amides is 2. The number of thioether (sulfide) groups is 1. The van der Waals surface area contributed by atoms with Gasteiger partial charge in [0, 0.05) is 54.7 Å². The molecule has 2 amide bonds. The molecule has 0 radical (unpaired) electrons. The predicted molar refractivity (Wildman–Crippen MR) is 180 cm³/mol. The molecule has 1 saturated heterocycles. The second-order valence-corrected chi connectivity index (χ2v) is 12.6. The molecule has 1 aliphatic rings. The van der Waals surface area contributed by atoms with Crippen LogP contribution in [0.5, 0.6) is 5.75 Å². The topological polar surface area (TPSA) is 80.6 Å². The third-order valence-electron chi connectivity index (χ3n) is 8.27. The number of carbonyl (C=O) groups is 2. The SMILES string of the molecule is CCCCc1ccc(C(=O)N2CCN(C(=O)CCCCSc3nnc(-c4ccccc4)n3-c3ccc(OC)cc3)CC2C)cc1. The average Bonchev–Trinajstić information content (AvgIpc) is 3.51. The molecule has 2 heterocycles. The molecule has 9 heteroatoms. The molecule has 236 valence electrons. The van der Waals surface area contributed by atoms with Crippen molar-refractivity contribution in [2.45, 2.75) is 63.6 Å². The van der Waals surface area contributed by atoms with Crippen LogP contribution < -0.4 is 4.74 Å². The van der Waals surface area contributed by atoms with Gasteiger partial charge in [0.15, 0.2) is 11.0 Å². The molecule has 1 atom stereocenters. The summed E-state index contributed by atoms with van der Waals surface area (Å²) in [6, 6.07) is 25.9. The number of rotatable bonds is 13. The Morgan fingerprint density at radius 1 is 0.911 bits per heavy atom. The number of carbonyl (C=O) groups excluding carboxylic acids is 2. The molecule has 5 rings (SSSR count). The minimum Gasteiger partial charge on any atom is -0.497 e. The first-order chi connectivity index (χ1) is 22.0. The first-order valence-electron chi connectivity index (χ1n) is 15.9. The zero-order chi connectivity index (χ0) is 31.6. The minimum atomic E-state index is -0.0198. The molecule has 1 unspecified atom stereocenters. The third kappa shape index (κ3) is 8.14. The molecule has 1 fully saturated rings. The van der Waals surface area contributed by atoms with Gasteiger partial charge in [0.25, 0.3) is 5.91 Å². The van der Waals surface area contributed by atoms with Crippen molar-refractivity contribution in [1.82, 2.24) is 24.6 Å². The molecule has 0 spiro atoms. The number of ether oxygens (including phenoxy) is 1. The Hall–Kier alpha value is -4.11. The van der Waals surface area contributed by atoms with Crippen molar-refractivity contribution in [2.75, 3.05) is 32.5 Å². The Kier molecular flexibility index (Phi) is 11.3. The van der Waals surface area contributed by atoms with E-state index in [0.29, 0.717) is 26.1 Å². The van der Waals surface area contributed by atoms with Crippen molar-refractivity contribution in [1.29, 1.82) is 0 Å². The number of nitrogens with zero attached hydrogens (tertiary/aromatic N) is 5. The molecule has 8 nitrogen and oxygen atoms in total. The Morgan fingerprint density at radius 2 is 1.67 bits per heavy atom. The highest BCUT2D eigenvalue weighted by molar-refractivity contribution is 7.99. The number of hydrogen-bond donors (Lipinski definition) is 0. The Bertz CT molecular complexity index is 1540. The maximum atomic E-state index is 13.2. The molecule has 0 bridgehead atoms. The maximum absolute atomic E-state index is 13.2. The molecule has 0 aliphatic carbocycles. The first-order valence-corrected chi connectivity index (χ1v) is 16.9. The quantitative estimate of drug-likeness (QED) is 0.119. The molecule has 45 heavy (non-hydrogen) atoms. The van der Waals surface area contributed by atoms with Gasteiger partial charge in [0.05, 0.1) is 7.11 Å². The molecule has 0 saturated carbocycles. The highest BCUT2D eigenvalue weighted by atomic mass is 32.2. The van der Waals surface area contributed by atoms with Gasteiger partial charge < -0.3 is 14.5 Å². The fourth-order valence-corrected chi connectivity index (χ4v) is 6.60.